The maximum absolute atomic E-state index is 13.5. The number of ether oxygens (including phenoxy) is 1. The average molecular weight is 462 g/mol. The molecule has 0 spiro atoms. The first-order valence-corrected chi connectivity index (χ1v) is 11.9. The molecular formula is C22H24FN3O5S. The molecule has 2 aromatic carbocycles. The second-order valence-electron chi connectivity index (χ2n) is 7.79. The van der Waals surface area contributed by atoms with Crippen molar-refractivity contribution in [1.29, 1.82) is 0 Å². The average Bonchev–Trinajstić information content (AvgIpc) is 2.78. The molecule has 0 radical (unpaired) electrons. The molecule has 2 aromatic rings. The van der Waals surface area contributed by atoms with E-state index in [-0.39, 0.29) is 30.5 Å². The zero-order chi connectivity index (χ0) is 22.7. The predicted octanol–water partition coefficient (Wildman–Crippen LogP) is 1.73. The smallest absolute Gasteiger partial charge is 0.228 e. The zero-order valence-electron chi connectivity index (χ0n) is 17.3. The molecular weight excluding hydrogens is 437 g/mol. The quantitative estimate of drug-likeness (QED) is 0.682. The van der Waals surface area contributed by atoms with Crippen LogP contribution in [-0.4, -0.2) is 50.8 Å². The van der Waals surface area contributed by atoms with Crippen LogP contribution in [0.5, 0.6) is 0 Å². The SMILES string of the molecule is O=C1C[C@H](C(=O)NCc2ccccc2CS(=O)(=O)N2CCOCC2)c2ccc(F)cc2N1. The summed E-state index contributed by atoms with van der Waals surface area (Å²) in [6.07, 6.45) is -0.0441. The number of nitrogens with zero attached hydrogens (tertiary/aromatic N) is 1. The topological polar surface area (TPSA) is 105 Å². The Morgan fingerprint density at radius 2 is 1.88 bits per heavy atom. The van der Waals surface area contributed by atoms with Gasteiger partial charge in [0.2, 0.25) is 21.8 Å². The van der Waals surface area contributed by atoms with Crippen molar-refractivity contribution in [3.05, 3.63) is 65.0 Å². The number of amides is 2. The summed E-state index contributed by atoms with van der Waals surface area (Å²) in [5.74, 6) is -2.16. The highest BCUT2D eigenvalue weighted by Crippen LogP contribution is 2.33. The molecule has 1 atom stereocenters. The van der Waals surface area contributed by atoms with Crippen LogP contribution in [-0.2, 0) is 36.6 Å². The molecule has 32 heavy (non-hydrogen) atoms. The van der Waals surface area contributed by atoms with Crippen molar-refractivity contribution in [2.45, 2.75) is 24.6 Å². The van der Waals surface area contributed by atoms with Crippen LogP contribution in [0, 0.1) is 5.82 Å². The number of morpholine rings is 1. The van der Waals surface area contributed by atoms with Crippen LogP contribution >= 0.6 is 0 Å². The van der Waals surface area contributed by atoms with Crippen LogP contribution < -0.4 is 10.6 Å². The summed E-state index contributed by atoms with van der Waals surface area (Å²) < 4.78 is 45.8. The number of hydrogen-bond donors (Lipinski definition) is 2. The molecule has 2 aliphatic rings. The van der Waals surface area contributed by atoms with Gasteiger partial charge in [0.15, 0.2) is 0 Å². The van der Waals surface area contributed by atoms with Gasteiger partial charge in [-0.15, -0.1) is 0 Å². The number of sulfonamides is 1. The van der Waals surface area contributed by atoms with E-state index >= 15 is 0 Å². The van der Waals surface area contributed by atoms with E-state index in [1.807, 2.05) is 0 Å². The zero-order valence-corrected chi connectivity index (χ0v) is 18.2. The number of halogens is 1. The number of carbonyl (C=O) groups is 2. The fourth-order valence-corrected chi connectivity index (χ4v) is 5.52. The van der Waals surface area contributed by atoms with Crippen molar-refractivity contribution in [2.75, 3.05) is 31.6 Å². The van der Waals surface area contributed by atoms with Gasteiger partial charge in [-0.25, -0.2) is 12.8 Å². The summed E-state index contributed by atoms with van der Waals surface area (Å²) in [6.45, 7) is 1.51. The van der Waals surface area contributed by atoms with Crippen molar-refractivity contribution in [2.24, 2.45) is 0 Å². The van der Waals surface area contributed by atoms with Gasteiger partial charge in [-0.1, -0.05) is 30.3 Å². The first-order valence-electron chi connectivity index (χ1n) is 10.3. The predicted molar refractivity (Wildman–Crippen MR) is 116 cm³/mol. The minimum Gasteiger partial charge on any atom is -0.379 e. The Hall–Kier alpha value is -2.82. The molecule has 1 saturated heterocycles. The molecule has 10 heteroatoms. The lowest BCUT2D eigenvalue weighted by Gasteiger charge is -2.26. The van der Waals surface area contributed by atoms with E-state index in [9.17, 15) is 22.4 Å². The highest BCUT2D eigenvalue weighted by molar-refractivity contribution is 7.88. The van der Waals surface area contributed by atoms with Gasteiger partial charge in [0.05, 0.1) is 24.9 Å². The van der Waals surface area contributed by atoms with Crippen molar-refractivity contribution < 1.29 is 27.1 Å². The van der Waals surface area contributed by atoms with E-state index in [1.54, 1.807) is 24.3 Å². The van der Waals surface area contributed by atoms with Crippen molar-refractivity contribution in [1.82, 2.24) is 9.62 Å². The van der Waals surface area contributed by atoms with Crippen LogP contribution in [0.2, 0.25) is 0 Å². The lowest BCUT2D eigenvalue weighted by molar-refractivity contribution is -0.126. The molecule has 0 aromatic heterocycles. The van der Waals surface area contributed by atoms with Gasteiger partial charge in [0.25, 0.3) is 0 Å². The molecule has 4 rings (SSSR count). The molecule has 170 valence electrons. The summed E-state index contributed by atoms with van der Waals surface area (Å²) >= 11 is 0. The maximum Gasteiger partial charge on any atom is 0.228 e. The highest BCUT2D eigenvalue weighted by atomic mass is 32.2. The second-order valence-corrected chi connectivity index (χ2v) is 9.76. The van der Waals surface area contributed by atoms with Gasteiger partial charge in [-0.05, 0) is 28.8 Å². The molecule has 8 nitrogen and oxygen atoms in total. The second kappa shape index (κ2) is 9.35. The minimum absolute atomic E-state index is 0.0441. The molecule has 2 amide bonds. The van der Waals surface area contributed by atoms with Gasteiger partial charge in [-0.3, -0.25) is 9.59 Å². The lowest BCUT2D eigenvalue weighted by Crippen LogP contribution is -2.41. The number of fused-ring (bicyclic) bond motifs is 1. The van der Waals surface area contributed by atoms with E-state index in [0.717, 1.165) is 0 Å². The van der Waals surface area contributed by atoms with E-state index < -0.39 is 21.8 Å². The summed E-state index contributed by atoms with van der Waals surface area (Å²) in [4.78, 5) is 24.9. The largest absolute Gasteiger partial charge is 0.379 e. The van der Waals surface area contributed by atoms with E-state index in [1.165, 1.54) is 22.5 Å². The summed E-state index contributed by atoms with van der Waals surface area (Å²) in [5, 5.41) is 5.40. The molecule has 2 N–H and O–H groups in total. The number of rotatable bonds is 6. The monoisotopic (exact) mass is 461 g/mol. The number of anilines is 1. The molecule has 0 aliphatic carbocycles. The van der Waals surface area contributed by atoms with Crippen molar-refractivity contribution >= 4 is 27.5 Å². The Morgan fingerprint density at radius 1 is 1.16 bits per heavy atom. The van der Waals surface area contributed by atoms with Gasteiger partial charge in [0, 0.05) is 31.7 Å². The van der Waals surface area contributed by atoms with Crippen molar-refractivity contribution in [3.8, 4) is 0 Å². The van der Waals surface area contributed by atoms with Crippen LogP contribution in [0.3, 0.4) is 0 Å². The molecule has 1 fully saturated rings. The first kappa shape index (κ1) is 22.4. The standard InChI is InChI=1S/C22H24FN3O5S/c23-17-5-6-18-19(12-21(27)25-20(18)11-17)22(28)24-13-15-3-1-2-4-16(15)14-32(29,30)26-7-9-31-10-8-26/h1-6,11,19H,7-10,12-14H2,(H,24,28)(H,25,27)/t19-/m0/s1. The summed E-state index contributed by atoms with van der Waals surface area (Å²) in [6, 6.07) is 11.0. The molecule has 0 bridgehead atoms. The fraction of sp³-hybridized carbons (Fsp3) is 0.364. The highest BCUT2D eigenvalue weighted by Gasteiger charge is 2.31. The van der Waals surface area contributed by atoms with Gasteiger partial charge >= 0.3 is 0 Å². The number of carbonyl (C=O) groups excluding carboxylic acids is 2. The van der Waals surface area contributed by atoms with E-state index in [4.69, 9.17) is 4.74 Å². The van der Waals surface area contributed by atoms with Gasteiger partial charge in [-0.2, -0.15) is 4.31 Å². The van der Waals surface area contributed by atoms with Crippen LogP contribution in [0.15, 0.2) is 42.5 Å². The molecule has 2 heterocycles. The summed E-state index contributed by atoms with van der Waals surface area (Å²) in [5.41, 5.74) is 2.12. The number of benzene rings is 2. The third-order valence-electron chi connectivity index (χ3n) is 5.64. The third kappa shape index (κ3) is 4.98. The molecule has 0 saturated carbocycles. The Kier molecular flexibility index (Phi) is 6.54. The normalized spacial score (nSPS) is 19.2. The van der Waals surface area contributed by atoms with E-state index in [0.29, 0.717) is 48.7 Å². The fourth-order valence-electron chi connectivity index (χ4n) is 3.96. The Bertz CT molecular complexity index is 1130. The maximum atomic E-state index is 13.5. The Balaban J connectivity index is 1.47. The first-order chi connectivity index (χ1) is 15.3. The van der Waals surface area contributed by atoms with Gasteiger partial charge < -0.3 is 15.4 Å². The Labute approximate surface area is 185 Å². The summed E-state index contributed by atoms with van der Waals surface area (Å²) in [7, 11) is -3.52. The van der Waals surface area contributed by atoms with Crippen LogP contribution in [0.1, 0.15) is 29.0 Å². The minimum atomic E-state index is -3.52. The van der Waals surface area contributed by atoms with Crippen LogP contribution in [0.4, 0.5) is 10.1 Å². The number of nitrogens with one attached hydrogen (secondary N) is 2. The molecule has 2 aliphatic heterocycles. The number of hydrogen-bond acceptors (Lipinski definition) is 5. The molecule has 0 unspecified atom stereocenters. The van der Waals surface area contributed by atoms with Crippen molar-refractivity contribution in [3.63, 3.8) is 0 Å². The third-order valence-corrected chi connectivity index (χ3v) is 7.47. The Morgan fingerprint density at radius 3 is 2.62 bits per heavy atom. The van der Waals surface area contributed by atoms with Crippen LogP contribution in [0.25, 0.3) is 0 Å². The lowest BCUT2D eigenvalue weighted by atomic mass is 9.89. The van der Waals surface area contributed by atoms with Gasteiger partial charge in [0.1, 0.15) is 5.82 Å². The van der Waals surface area contributed by atoms with E-state index in [2.05, 4.69) is 10.6 Å².